The van der Waals surface area contributed by atoms with E-state index in [1.807, 2.05) is 27.9 Å². The average Bonchev–Trinajstić information content (AvgIpc) is 3.26. The van der Waals surface area contributed by atoms with E-state index in [1.54, 1.807) is 28.4 Å². The Labute approximate surface area is 177 Å². The number of ether oxygens (including phenoxy) is 4. The summed E-state index contributed by atoms with van der Waals surface area (Å²) in [5, 5.41) is 5.89. The van der Waals surface area contributed by atoms with Crippen LogP contribution in [-0.4, -0.2) is 82.1 Å². The molecule has 6 nitrogen and oxygen atoms in total. The normalized spacial score (nSPS) is 12.3. The van der Waals surface area contributed by atoms with Gasteiger partial charge in [-0.3, -0.25) is 0 Å². The Hall–Kier alpha value is -0.240. The molecule has 0 aromatic carbocycles. The number of nitrogens with one attached hydrogen (secondary N) is 2. The van der Waals surface area contributed by atoms with Gasteiger partial charge >= 0.3 is 0 Å². The summed E-state index contributed by atoms with van der Waals surface area (Å²) in [5.74, 6) is 0.991. The molecule has 1 saturated carbocycles. The lowest BCUT2D eigenvalue weighted by atomic mass is 10.1. The lowest BCUT2D eigenvalue weighted by Gasteiger charge is -2.05. The Kier molecular flexibility index (Phi) is 51.8. The third-order valence-electron chi connectivity index (χ3n) is 3.73. The molecule has 0 saturated heterocycles. The van der Waals surface area contributed by atoms with E-state index in [1.165, 1.54) is 32.1 Å². The smallest absolute Gasteiger partial charge is 0.0587 e. The molecule has 0 aromatic heterocycles. The van der Waals surface area contributed by atoms with Crippen molar-refractivity contribution in [2.45, 2.75) is 59.3 Å². The van der Waals surface area contributed by atoms with Gasteiger partial charge in [-0.1, -0.05) is 46.5 Å². The van der Waals surface area contributed by atoms with Gasteiger partial charge in [-0.2, -0.15) is 0 Å². The second kappa shape index (κ2) is 41.2. The van der Waals surface area contributed by atoms with E-state index in [9.17, 15) is 0 Å². The second-order valence-corrected chi connectivity index (χ2v) is 6.12. The Morgan fingerprint density at radius 1 is 0.679 bits per heavy atom. The SMILES string of the molecule is CC.CCCOC.CNCCOC.CNCCOC.COCCC1CCCC1. The fraction of sp³-hybridized carbons (Fsp3) is 1.00. The molecule has 1 aliphatic carbocycles. The Balaban J connectivity index is -0.000000137. The van der Waals surface area contributed by atoms with E-state index in [2.05, 4.69) is 17.6 Å². The lowest BCUT2D eigenvalue weighted by Crippen LogP contribution is -2.12. The number of rotatable bonds is 11. The molecule has 2 N–H and O–H groups in total. The number of hydrogen-bond donors (Lipinski definition) is 2. The van der Waals surface area contributed by atoms with Gasteiger partial charge in [-0.25, -0.2) is 0 Å². The minimum atomic E-state index is 0.802. The van der Waals surface area contributed by atoms with Crippen molar-refractivity contribution in [2.24, 2.45) is 5.92 Å². The molecular weight excluding hydrogens is 356 g/mol. The first-order chi connectivity index (χ1) is 13.7. The van der Waals surface area contributed by atoms with Crippen molar-refractivity contribution in [3.63, 3.8) is 0 Å². The monoisotopic (exact) mass is 410 g/mol. The van der Waals surface area contributed by atoms with Crippen LogP contribution < -0.4 is 10.6 Å². The van der Waals surface area contributed by atoms with Gasteiger partial charge in [0.05, 0.1) is 13.2 Å². The zero-order valence-electron chi connectivity index (χ0n) is 20.7. The highest BCUT2D eigenvalue weighted by Gasteiger charge is 2.13. The van der Waals surface area contributed by atoms with E-state index in [4.69, 9.17) is 18.9 Å². The number of methoxy groups -OCH3 is 4. The molecule has 0 amide bonds. The summed E-state index contributed by atoms with van der Waals surface area (Å²) in [6, 6.07) is 0. The van der Waals surface area contributed by atoms with Gasteiger partial charge in [0.1, 0.15) is 0 Å². The van der Waals surface area contributed by atoms with Crippen molar-refractivity contribution in [3.05, 3.63) is 0 Å². The molecule has 28 heavy (non-hydrogen) atoms. The molecule has 0 aromatic rings. The van der Waals surface area contributed by atoms with Crippen LogP contribution in [0.4, 0.5) is 0 Å². The van der Waals surface area contributed by atoms with Gasteiger partial charge in [0.15, 0.2) is 0 Å². The second-order valence-electron chi connectivity index (χ2n) is 6.12. The van der Waals surface area contributed by atoms with Crippen molar-refractivity contribution >= 4 is 0 Å². The van der Waals surface area contributed by atoms with Crippen LogP contribution in [0.25, 0.3) is 0 Å². The molecule has 0 radical (unpaired) electrons. The summed E-state index contributed by atoms with van der Waals surface area (Å²) in [7, 11) is 10.7. The van der Waals surface area contributed by atoms with Gasteiger partial charge in [-0.05, 0) is 32.9 Å². The molecule has 1 fully saturated rings. The first-order valence-electron chi connectivity index (χ1n) is 10.9. The molecule has 0 unspecified atom stereocenters. The highest BCUT2D eigenvalue weighted by molar-refractivity contribution is 4.66. The van der Waals surface area contributed by atoms with Crippen LogP contribution in [0.2, 0.25) is 0 Å². The van der Waals surface area contributed by atoms with E-state index < -0.39 is 0 Å². The maximum atomic E-state index is 5.00. The molecular formula is C22H54N2O4. The first-order valence-corrected chi connectivity index (χ1v) is 10.9. The first kappa shape index (κ1) is 35.2. The predicted molar refractivity (Wildman–Crippen MR) is 124 cm³/mol. The fourth-order valence-corrected chi connectivity index (χ4v) is 2.20. The lowest BCUT2D eigenvalue weighted by molar-refractivity contribution is 0.178. The highest BCUT2D eigenvalue weighted by atomic mass is 16.5. The van der Waals surface area contributed by atoms with Crippen molar-refractivity contribution in [1.29, 1.82) is 0 Å². The summed E-state index contributed by atoms with van der Waals surface area (Å²) < 4.78 is 19.1. The number of likely N-dealkylation sites (N-methyl/N-ethyl adjacent to an activating group) is 2. The molecule has 6 heteroatoms. The molecule has 0 atom stereocenters. The van der Waals surface area contributed by atoms with Gasteiger partial charge in [-0.15, -0.1) is 0 Å². The van der Waals surface area contributed by atoms with E-state index >= 15 is 0 Å². The van der Waals surface area contributed by atoms with E-state index in [0.29, 0.717) is 0 Å². The summed E-state index contributed by atoms with van der Waals surface area (Å²) in [4.78, 5) is 0. The molecule has 0 heterocycles. The maximum absolute atomic E-state index is 5.00. The molecule has 0 bridgehead atoms. The van der Waals surface area contributed by atoms with Gasteiger partial charge in [0, 0.05) is 54.7 Å². The summed E-state index contributed by atoms with van der Waals surface area (Å²) >= 11 is 0. The van der Waals surface area contributed by atoms with Crippen molar-refractivity contribution in [3.8, 4) is 0 Å². The molecule has 0 spiro atoms. The van der Waals surface area contributed by atoms with Gasteiger partial charge in [0.25, 0.3) is 0 Å². The van der Waals surface area contributed by atoms with Crippen LogP contribution in [0.3, 0.4) is 0 Å². The highest BCUT2D eigenvalue weighted by Crippen LogP contribution is 2.27. The van der Waals surface area contributed by atoms with Crippen molar-refractivity contribution in [2.75, 3.05) is 82.1 Å². The zero-order chi connectivity index (χ0) is 22.3. The minimum absolute atomic E-state index is 0.802. The van der Waals surface area contributed by atoms with Crippen LogP contribution in [0.15, 0.2) is 0 Å². The average molecular weight is 411 g/mol. The predicted octanol–water partition coefficient (Wildman–Crippen LogP) is 3.99. The summed E-state index contributed by atoms with van der Waals surface area (Å²) in [5.41, 5.74) is 0. The molecule has 1 rings (SSSR count). The van der Waals surface area contributed by atoms with Crippen molar-refractivity contribution in [1.82, 2.24) is 10.6 Å². The maximum Gasteiger partial charge on any atom is 0.0587 e. The third kappa shape index (κ3) is 44.9. The molecule has 0 aliphatic heterocycles. The Morgan fingerprint density at radius 2 is 1.07 bits per heavy atom. The Bertz CT molecular complexity index is 187. The fourth-order valence-electron chi connectivity index (χ4n) is 2.20. The van der Waals surface area contributed by atoms with E-state index in [0.717, 1.165) is 51.9 Å². The summed E-state index contributed by atoms with van der Waals surface area (Å²) in [6.07, 6.45) is 8.21. The van der Waals surface area contributed by atoms with Crippen LogP contribution in [-0.2, 0) is 18.9 Å². The van der Waals surface area contributed by atoms with Crippen molar-refractivity contribution < 1.29 is 18.9 Å². The van der Waals surface area contributed by atoms with Crippen LogP contribution in [0.5, 0.6) is 0 Å². The van der Waals surface area contributed by atoms with Crippen LogP contribution in [0.1, 0.15) is 59.3 Å². The number of hydrogen-bond acceptors (Lipinski definition) is 6. The van der Waals surface area contributed by atoms with Gasteiger partial charge < -0.3 is 29.6 Å². The standard InChI is InChI=1S/C8H16O.2C4H11NO.C4H10O.C2H6/c1-9-7-6-8-4-2-3-5-8;2*1-5-3-4-6-2;1-3-4-5-2;1-2/h8H,2-7H2,1H3;2*5H,3-4H2,1-2H3;3-4H2,1-2H3;1-2H3. The largest absolute Gasteiger partial charge is 0.385 e. The van der Waals surface area contributed by atoms with E-state index in [-0.39, 0.29) is 0 Å². The minimum Gasteiger partial charge on any atom is -0.385 e. The third-order valence-corrected chi connectivity index (χ3v) is 3.73. The summed E-state index contributed by atoms with van der Waals surface area (Å²) in [6.45, 7) is 11.4. The quantitative estimate of drug-likeness (QED) is 0.502. The van der Waals surface area contributed by atoms with Gasteiger partial charge in [0.2, 0.25) is 0 Å². The zero-order valence-corrected chi connectivity index (χ0v) is 20.7. The molecule has 176 valence electrons. The molecule has 1 aliphatic rings. The Morgan fingerprint density at radius 3 is 1.29 bits per heavy atom. The van der Waals surface area contributed by atoms with Crippen LogP contribution in [0, 0.1) is 5.92 Å². The van der Waals surface area contributed by atoms with Crippen LogP contribution >= 0.6 is 0 Å². The topological polar surface area (TPSA) is 61.0 Å².